The molecule has 0 aromatic heterocycles. The number of nitrogens with one attached hydrogen (secondary N) is 1. The Hall–Kier alpha value is -0.525. The van der Waals surface area contributed by atoms with Gasteiger partial charge in [-0.3, -0.25) is 0 Å². The fourth-order valence-corrected chi connectivity index (χ4v) is 1.41. The predicted molar refractivity (Wildman–Crippen MR) is 77.7 cm³/mol. The number of hydrogen-bond donors (Lipinski definition) is 2. The largest absolute Gasteiger partial charge is 0.491 e. The number of amides is 1. The molecule has 8 heteroatoms. The summed E-state index contributed by atoms with van der Waals surface area (Å²) < 4.78 is 10.1. The highest BCUT2D eigenvalue weighted by Crippen LogP contribution is 2.17. The Balaban J connectivity index is 2.47. The van der Waals surface area contributed by atoms with E-state index in [0.717, 1.165) is 0 Å². The maximum atomic E-state index is 11.3. The molecule has 0 heterocycles. The van der Waals surface area contributed by atoms with E-state index in [0.29, 0.717) is 11.5 Å². The second-order valence-electron chi connectivity index (χ2n) is 2.98. The summed E-state index contributed by atoms with van der Waals surface area (Å²) in [7, 11) is 2.43. The lowest BCUT2D eigenvalue weighted by Gasteiger charge is -2.07. The zero-order valence-corrected chi connectivity index (χ0v) is 12.2. The van der Waals surface area contributed by atoms with Gasteiger partial charge in [-0.1, -0.05) is 0 Å². The van der Waals surface area contributed by atoms with Gasteiger partial charge >= 0.3 is 10.5 Å². The van der Waals surface area contributed by atoms with Crippen LogP contribution in [0.15, 0.2) is 24.3 Å². The number of benzene rings is 1. The van der Waals surface area contributed by atoms with E-state index >= 15 is 0 Å². The van der Waals surface area contributed by atoms with Gasteiger partial charge in [0.2, 0.25) is 0 Å². The van der Waals surface area contributed by atoms with Crippen molar-refractivity contribution in [3.8, 4) is 11.5 Å². The van der Waals surface area contributed by atoms with E-state index in [-0.39, 0.29) is 17.6 Å². The number of carbonyl (C=O) groups excluding carboxylic acids is 1. The van der Waals surface area contributed by atoms with Gasteiger partial charge in [-0.05, 0) is 24.3 Å². The van der Waals surface area contributed by atoms with Crippen molar-refractivity contribution in [1.82, 2.24) is 5.23 Å². The first-order valence-corrected chi connectivity index (χ1v) is 6.75. The molecule has 1 atom stereocenters. The molecule has 0 spiro atoms. The number of aliphatic hydroxyl groups excluding tert-OH is 1. The lowest BCUT2D eigenvalue weighted by molar-refractivity contribution is 0.200. The van der Waals surface area contributed by atoms with Crippen LogP contribution in [0.2, 0.25) is 0 Å². The van der Waals surface area contributed by atoms with Gasteiger partial charge in [0.15, 0.2) is 0 Å². The number of hydrogen-bond acceptors (Lipinski definition) is 4. The lowest BCUT2D eigenvalue weighted by Crippen LogP contribution is -2.32. The average molecular weight is 367 g/mol. The van der Waals surface area contributed by atoms with Crippen molar-refractivity contribution in [3.05, 3.63) is 24.3 Å². The van der Waals surface area contributed by atoms with Crippen LogP contribution >= 0.6 is 31.5 Å². The molecule has 0 saturated heterocycles. The maximum absolute atomic E-state index is 11.3. The SMILES string of the molecule is O=C(NB(P)I)Oc1ccc(OCCO)cc1. The van der Waals surface area contributed by atoms with Gasteiger partial charge < -0.3 is 19.8 Å². The highest BCUT2D eigenvalue weighted by atomic mass is 127. The molecule has 0 aliphatic carbocycles. The van der Waals surface area contributed by atoms with E-state index < -0.39 is 6.09 Å². The summed E-state index contributed by atoms with van der Waals surface area (Å²) in [6, 6.07) is 6.58. The van der Waals surface area contributed by atoms with E-state index in [1.54, 1.807) is 24.3 Å². The Bertz CT molecular complexity index is 363. The normalized spacial score (nSPS) is 9.59. The molecule has 2 N–H and O–H groups in total. The molecular formula is C9H12BINO4P. The number of halogens is 1. The summed E-state index contributed by atoms with van der Waals surface area (Å²) in [6.45, 7) is 0.204. The monoisotopic (exact) mass is 367 g/mol. The van der Waals surface area contributed by atoms with E-state index in [1.807, 2.05) is 22.4 Å². The quantitative estimate of drug-likeness (QED) is 0.470. The lowest BCUT2D eigenvalue weighted by atomic mass is 10.3. The van der Waals surface area contributed by atoms with Crippen LogP contribution in [-0.2, 0) is 0 Å². The molecule has 0 aliphatic heterocycles. The van der Waals surface area contributed by atoms with Crippen LogP contribution in [0.25, 0.3) is 0 Å². The second-order valence-corrected chi connectivity index (χ2v) is 6.34. The average Bonchev–Trinajstić information content (AvgIpc) is 2.27. The van der Waals surface area contributed by atoms with Crippen molar-refractivity contribution >= 4 is 42.0 Å². The molecule has 0 bridgehead atoms. The molecule has 0 radical (unpaired) electrons. The summed E-state index contributed by atoms with van der Waals surface area (Å²) in [5, 5.41) is 11.1. The first-order valence-electron chi connectivity index (χ1n) is 4.83. The van der Waals surface area contributed by atoms with Crippen molar-refractivity contribution in [2.24, 2.45) is 0 Å². The zero-order valence-electron chi connectivity index (χ0n) is 8.93. The fraction of sp³-hybridized carbons (Fsp3) is 0.222. The number of rotatable bonds is 5. The number of aliphatic hydroxyl groups is 1. The molecular weight excluding hydrogens is 355 g/mol. The van der Waals surface area contributed by atoms with E-state index in [1.165, 1.54) is 0 Å². The molecule has 5 nitrogen and oxygen atoms in total. The Kier molecular flexibility index (Phi) is 6.61. The van der Waals surface area contributed by atoms with E-state index in [2.05, 4.69) is 14.3 Å². The van der Waals surface area contributed by atoms with Crippen LogP contribution in [0.5, 0.6) is 11.5 Å². The van der Waals surface area contributed by atoms with Crippen LogP contribution in [0.4, 0.5) is 4.79 Å². The first kappa shape index (κ1) is 14.5. The molecule has 1 rings (SSSR count). The Morgan fingerprint density at radius 2 is 2.00 bits per heavy atom. The third-order valence-corrected chi connectivity index (χ3v) is 2.13. The molecule has 17 heavy (non-hydrogen) atoms. The minimum Gasteiger partial charge on any atom is -0.491 e. The fourth-order valence-electron chi connectivity index (χ4n) is 1.02. The Morgan fingerprint density at radius 1 is 1.41 bits per heavy atom. The van der Waals surface area contributed by atoms with Gasteiger partial charge in [0.1, 0.15) is 18.1 Å². The number of ether oxygens (including phenoxy) is 2. The zero-order chi connectivity index (χ0) is 12.7. The summed E-state index contributed by atoms with van der Waals surface area (Å²) in [5.41, 5.74) is 0. The predicted octanol–water partition coefficient (Wildman–Crippen LogP) is 1.44. The summed E-state index contributed by atoms with van der Waals surface area (Å²) in [6.07, 6.45) is -0.511. The van der Waals surface area contributed by atoms with Gasteiger partial charge in [0, 0.05) is 0 Å². The van der Waals surface area contributed by atoms with Crippen LogP contribution < -0.4 is 14.7 Å². The summed E-state index contributed by atoms with van der Waals surface area (Å²) >= 11 is 2.03. The highest BCUT2D eigenvalue weighted by Gasteiger charge is 2.09. The Morgan fingerprint density at radius 3 is 2.53 bits per heavy atom. The van der Waals surface area contributed by atoms with Crippen LogP contribution in [0.1, 0.15) is 0 Å². The van der Waals surface area contributed by atoms with Crippen molar-refractivity contribution in [2.45, 2.75) is 0 Å². The topological polar surface area (TPSA) is 67.8 Å². The van der Waals surface area contributed by atoms with Gasteiger partial charge in [-0.25, -0.2) is 4.79 Å². The Labute approximate surface area is 115 Å². The standard InChI is InChI=1S/C9H12BINO4P/c11-10(17)12-9(14)16-8-3-1-7(2-4-8)15-6-5-13/h1-4,13H,5-6,17H2,(H,12,14). The molecule has 0 fully saturated rings. The van der Waals surface area contributed by atoms with Crippen molar-refractivity contribution in [2.75, 3.05) is 13.2 Å². The van der Waals surface area contributed by atoms with Crippen LogP contribution in [0.3, 0.4) is 0 Å². The summed E-state index contributed by atoms with van der Waals surface area (Å²) in [4.78, 5) is 11.3. The van der Waals surface area contributed by atoms with Gasteiger partial charge in [0.05, 0.1) is 6.61 Å². The molecule has 1 aromatic rings. The molecule has 1 amide bonds. The van der Waals surface area contributed by atoms with Crippen molar-refractivity contribution in [3.63, 3.8) is 0 Å². The van der Waals surface area contributed by atoms with Crippen molar-refractivity contribution in [1.29, 1.82) is 0 Å². The van der Waals surface area contributed by atoms with Gasteiger partial charge in [0.25, 0.3) is 0 Å². The first-order chi connectivity index (χ1) is 8.11. The smallest absolute Gasteiger partial charge is 0.401 e. The molecule has 92 valence electrons. The van der Waals surface area contributed by atoms with Crippen LogP contribution in [0, 0.1) is 0 Å². The maximum Gasteiger partial charge on any atom is 0.401 e. The minimum absolute atomic E-state index is 0.0358. The van der Waals surface area contributed by atoms with Gasteiger partial charge in [-0.15, -0.1) is 31.5 Å². The van der Waals surface area contributed by atoms with E-state index in [4.69, 9.17) is 14.6 Å². The number of carbonyl (C=O) groups is 1. The van der Waals surface area contributed by atoms with Crippen LogP contribution in [-0.4, -0.2) is 28.8 Å². The summed E-state index contributed by atoms with van der Waals surface area (Å²) in [5.74, 6) is 1.05. The van der Waals surface area contributed by atoms with E-state index in [9.17, 15) is 4.79 Å². The molecule has 1 aromatic carbocycles. The molecule has 1 unspecified atom stereocenters. The molecule has 0 aliphatic rings. The minimum atomic E-state index is -0.511. The highest BCUT2D eigenvalue weighted by molar-refractivity contribution is 14.1. The third-order valence-electron chi connectivity index (χ3n) is 1.65. The molecule has 0 saturated carbocycles. The van der Waals surface area contributed by atoms with Gasteiger partial charge in [-0.2, -0.15) is 0 Å². The third kappa shape index (κ3) is 6.09. The second kappa shape index (κ2) is 7.73. The van der Waals surface area contributed by atoms with Crippen molar-refractivity contribution < 1.29 is 19.4 Å².